The molecule has 0 atom stereocenters. The van der Waals surface area contributed by atoms with Gasteiger partial charge in [0.1, 0.15) is 5.76 Å². The van der Waals surface area contributed by atoms with Crippen LogP contribution in [0.1, 0.15) is 47.1 Å². The van der Waals surface area contributed by atoms with Gasteiger partial charge < -0.3 is 14.2 Å². The van der Waals surface area contributed by atoms with Crippen molar-refractivity contribution in [2.24, 2.45) is 0 Å². The van der Waals surface area contributed by atoms with Crippen LogP contribution in [-0.2, 0) is 11.3 Å². The molecule has 0 spiro atoms. The summed E-state index contributed by atoms with van der Waals surface area (Å²) in [6.07, 6.45) is 0.0926. The van der Waals surface area contributed by atoms with Crippen LogP contribution in [0.2, 0.25) is 0 Å². The SMILES string of the molecule is Cc1ccccc1COC1CN(C(=O)c2cc(C(C)C)on2)C1. The van der Waals surface area contributed by atoms with Gasteiger partial charge in [0.05, 0.1) is 12.7 Å². The molecule has 3 rings (SSSR count). The first-order chi connectivity index (χ1) is 11.0. The third kappa shape index (κ3) is 3.45. The van der Waals surface area contributed by atoms with Crippen LogP contribution in [-0.4, -0.2) is 35.2 Å². The van der Waals surface area contributed by atoms with E-state index >= 15 is 0 Å². The number of hydrogen-bond donors (Lipinski definition) is 0. The van der Waals surface area contributed by atoms with Gasteiger partial charge in [0.2, 0.25) is 0 Å². The summed E-state index contributed by atoms with van der Waals surface area (Å²) in [5.74, 6) is 0.878. The van der Waals surface area contributed by atoms with E-state index in [4.69, 9.17) is 9.26 Å². The fourth-order valence-electron chi connectivity index (χ4n) is 2.51. The maximum absolute atomic E-state index is 12.3. The summed E-state index contributed by atoms with van der Waals surface area (Å²) < 4.78 is 11.0. The van der Waals surface area contributed by atoms with E-state index in [2.05, 4.69) is 24.2 Å². The molecule has 0 radical (unpaired) electrons. The quantitative estimate of drug-likeness (QED) is 0.851. The lowest BCUT2D eigenvalue weighted by atomic mass is 10.1. The lowest BCUT2D eigenvalue weighted by Crippen LogP contribution is -2.54. The van der Waals surface area contributed by atoms with Crippen molar-refractivity contribution in [3.63, 3.8) is 0 Å². The van der Waals surface area contributed by atoms with Gasteiger partial charge >= 0.3 is 0 Å². The molecule has 5 nitrogen and oxygen atoms in total. The van der Waals surface area contributed by atoms with Crippen molar-refractivity contribution >= 4 is 5.91 Å². The van der Waals surface area contributed by atoms with Crippen LogP contribution in [0.5, 0.6) is 0 Å². The van der Waals surface area contributed by atoms with Crippen LogP contribution in [0.4, 0.5) is 0 Å². The summed E-state index contributed by atoms with van der Waals surface area (Å²) in [6.45, 7) is 7.89. The number of benzene rings is 1. The van der Waals surface area contributed by atoms with Crippen LogP contribution < -0.4 is 0 Å². The molecular weight excluding hydrogens is 292 g/mol. The minimum Gasteiger partial charge on any atom is -0.370 e. The maximum atomic E-state index is 12.3. The van der Waals surface area contributed by atoms with Gasteiger partial charge in [-0.1, -0.05) is 43.3 Å². The van der Waals surface area contributed by atoms with E-state index in [-0.39, 0.29) is 17.9 Å². The number of aromatic nitrogens is 1. The number of aryl methyl sites for hydroxylation is 1. The smallest absolute Gasteiger partial charge is 0.276 e. The first-order valence-corrected chi connectivity index (χ1v) is 7.96. The molecule has 1 aliphatic heterocycles. The zero-order chi connectivity index (χ0) is 16.4. The number of carbonyl (C=O) groups excluding carboxylic acids is 1. The van der Waals surface area contributed by atoms with Gasteiger partial charge in [-0.25, -0.2) is 0 Å². The van der Waals surface area contributed by atoms with E-state index < -0.39 is 0 Å². The largest absolute Gasteiger partial charge is 0.370 e. The number of likely N-dealkylation sites (tertiary alicyclic amines) is 1. The number of ether oxygens (including phenoxy) is 1. The van der Waals surface area contributed by atoms with E-state index in [1.807, 2.05) is 26.0 Å². The molecule has 1 aromatic heterocycles. The van der Waals surface area contributed by atoms with Gasteiger partial charge in [-0.3, -0.25) is 4.79 Å². The molecule has 2 aromatic rings. The molecule has 2 heterocycles. The van der Waals surface area contributed by atoms with Gasteiger partial charge in [-0.15, -0.1) is 0 Å². The highest BCUT2D eigenvalue weighted by Gasteiger charge is 2.33. The molecule has 0 unspecified atom stereocenters. The highest BCUT2D eigenvalue weighted by molar-refractivity contribution is 5.92. The first-order valence-electron chi connectivity index (χ1n) is 7.96. The fraction of sp³-hybridized carbons (Fsp3) is 0.444. The second-order valence-electron chi connectivity index (χ2n) is 6.34. The topological polar surface area (TPSA) is 55.6 Å². The predicted octanol–water partition coefficient (Wildman–Crippen LogP) is 3.15. The van der Waals surface area contributed by atoms with E-state index in [0.717, 1.165) is 5.76 Å². The number of hydrogen-bond acceptors (Lipinski definition) is 4. The van der Waals surface area contributed by atoms with Crippen molar-refractivity contribution < 1.29 is 14.1 Å². The van der Waals surface area contributed by atoms with Crippen molar-refractivity contribution in [2.45, 2.75) is 39.4 Å². The molecule has 0 N–H and O–H groups in total. The van der Waals surface area contributed by atoms with Gasteiger partial charge in [-0.05, 0) is 18.1 Å². The highest BCUT2D eigenvalue weighted by atomic mass is 16.5. The van der Waals surface area contributed by atoms with Crippen LogP contribution in [0.15, 0.2) is 34.9 Å². The molecule has 1 aromatic carbocycles. The molecule has 23 heavy (non-hydrogen) atoms. The Balaban J connectivity index is 1.48. The summed E-state index contributed by atoms with van der Waals surface area (Å²) in [5.41, 5.74) is 2.80. The average Bonchev–Trinajstić information content (AvgIpc) is 2.97. The molecule has 1 saturated heterocycles. The molecule has 122 valence electrons. The van der Waals surface area contributed by atoms with E-state index in [1.165, 1.54) is 11.1 Å². The van der Waals surface area contributed by atoms with Crippen LogP contribution in [0, 0.1) is 6.92 Å². The zero-order valence-corrected chi connectivity index (χ0v) is 13.8. The summed E-state index contributed by atoms with van der Waals surface area (Å²) in [7, 11) is 0. The Labute approximate surface area is 136 Å². The number of rotatable bonds is 5. The fourth-order valence-corrected chi connectivity index (χ4v) is 2.51. The first kappa shape index (κ1) is 15.7. The Kier molecular flexibility index (Phi) is 4.48. The maximum Gasteiger partial charge on any atom is 0.276 e. The molecule has 0 aliphatic carbocycles. The molecule has 0 saturated carbocycles. The average molecular weight is 314 g/mol. The molecular formula is C18H22N2O3. The third-order valence-corrected chi connectivity index (χ3v) is 4.19. The molecule has 1 fully saturated rings. The summed E-state index contributed by atoms with van der Waals surface area (Å²) in [6, 6.07) is 9.91. The minimum atomic E-state index is -0.0867. The van der Waals surface area contributed by atoms with Crippen LogP contribution in [0.25, 0.3) is 0 Å². The third-order valence-electron chi connectivity index (χ3n) is 4.19. The predicted molar refractivity (Wildman–Crippen MR) is 86.3 cm³/mol. The minimum absolute atomic E-state index is 0.0867. The Morgan fingerprint density at radius 1 is 1.39 bits per heavy atom. The summed E-state index contributed by atoms with van der Waals surface area (Å²) in [5, 5.41) is 3.86. The Hall–Kier alpha value is -2.14. The molecule has 1 aliphatic rings. The summed E-state index contributed by atoms with van der Waals surface area (Å²) >= 11 is 0. The Morgan fingerprint density at radius 2 is 2.13 bits per heavy atom. The summed E-state index contributed by atoms with van der Waals surface area (Å²) in [4.78, 5) is 14.0. The van der Waals surface area contributed by atoms with E-state index in [0.29, 0.717) is 25.4 Å². The van der Waals surface area contributed by atoms with Crippen molar-refractivity contribution in [3.8, 4) is 0 Å². The second-order valence-corrected chi connectivity index (χ2v) is 6.34. The van der Waals surface area contributed by atoms with Gasteiger partial charge in [0.25, 0.3) is 5.91 Å². The number of amides is 1. The normalized spacial score (nSPS) is 15.0. The van der Waals surface area contributed by atoms with Gasteiger partial charge in [0.15, 0.2) is 5.69 Å². The molecule has 5 heteroatoms. The van der Waals surface area contributed by atoms with Crippen molar-refractivity contribution in [2.75, 3.05) is 13.1 Å². The lowest BCUT2D eigenvalue weighted by molar-refractivity contribution is -0.0507. The standard InChI is InChI=1S/C18H22N2O3/c1-12(2)17-8-16(19-23-17)18(21)20-9-15(10-20)22-11-14-7-5-4-6-13(14)3/h4-8,12,15H,9-11H2,1-3H3. The Bertz CT molecular complexity index is 687. The van der Waals surface area contributed by atoms with Gasteiger partial charge in [-0.2, -0.15) is 0 Å². The number of carbonyl (C=O) groups is 1. The molecule has 0 bridgehead atoms. The molecule has 1 amide bonds. The van der Waals surface area contributed by atoms with Crippen LogP contribution in [0.3, 0.4) is 0 Å². The van der Waals surface area contributed by atoms with E-state index in [9.17, 15) is 4.79 Å². The monoisotopic (exact) mass is 314 g/mol. The number of nitrogens with zero attached hydrogens (tertiary/aromatic N) is 2. The van der Waals surface area contributed by atoms with E-state index in [1.54, 1.807) is 11.0 Å². The Morgan fingerprint density at radius 3 is 2.78 bits per heavy atom. The van der Waals surface area contributed by atoms with Crippen molar-refractivity contribution in [1.29, 1.82) is 0 Å². The highest BCUT2D eigenvalue weighted by Crippen LogP contribution is 2.20. The van der Waals surface area contributed by atoms with Crippen molar-refractivity contribution in [1.82, 2.24) is 10.1 Å². The second kappa shape index (κ2) is 6.54. The van der Waals surface area contributed by atoms with Crippen LogP contribution >= 0.6 is 0 Å². The lowest BCUT2D eigenvalue weighted by Gasteiger charge is -2.38. The van der Waals surface area contributed by atoms with Gasteiger partial charge in [0, 0.05) is 25.1 Å². The zero-order valence-electron chi connectivity index (χ0n) is 13.8. The van der Waals surface area contributed by atoms with Crippen molar-refractivity contribution in [3.05, 3.63) is 52.9 Å².